The van der Waals surface area contributed by atoms with Gasteiger partial charge in [-0.1, -0.05) is 20.8 Å². The predicted octanol–water partition coefficient (Wildman–Crippen LogP) is 3.83. The highest BCUT2D eigenvalue weighted by Gasteiger charge is 2.52. The van der Waals surface area contributed by atoms with E-state index in [9.17, 15) is 14.0 Å². The number of likely N-dealkylation sites (N-methyl/N-ethyl adjacent to an activating group) is 1. The summed E-state index contributed by atoms with van der Waals surface area (Å²) in [4.78, 5) is 29.1. The Morgan fingerprint density at radius 3 is 2.29 bits per heavy atom. The largest absolute Gasteiger partial charge is 0.497 e. The number of methoxy groups -OCH3 is 1. The summed E-state index contributed by atoms with van der Waals surface area (Å²) >= 11 is 0. The molecular weight excluding hydrogens is 363 g/mol. The van der Waals surface area contributed by atoms with Crippen molar-refractivity contribution in [3.05, 3.63) is 29.6 Å². The maximum Gasteiger partial charge on any atom is 0.412 e. The number of rotatable bonds is 3. The van der Waals surface area contributed by atoms with E-state index in [1.54, 1.807) is 38.8 Å². The molecule has 1 aromatic rings. The van der Waals surface area contributed by atoms with E-state index in [1.165, 1.54) is 24.1 Å². The number of amides is 2. The van der Waals surface area contributed by atoms with Crippen molar-refractivity contribution in [1.82, 2.24) is 9.80 Å². The van der Waals surface area contributed by atoms with Crippen LogP contribution in [0.2, 0.25) is 0 Å². The van der Waals surface area contributed by atoms with Crippen molar-refractivity contribution in [1.29, 1.82) is 0 Å². The van der Waals surface area contributed by atoms with Crippen LogP contribution in [0.5, 0.6) is 5.75 Å². The van der Waals surface area contributed by atoms with E-state index in [0.29, 0.717) is 11.3 Å². The van der Waals surface area contributed by atoms with Crippen molar-refractivity contribution in [3.63, 3.8) is 0 Å². The third-order valence-electron chi connectivity index (χ3n) is 4.64. The lowest BCUT2D eigenvalue weighted by Gasteiger charge is -2.39. The lowest BCUT2D eigenvalue weighted by Crippen LogP contribution is -2.52. The molecule has 1 aliphatic rings. The molecular formula is C21H31FN2O4. The maximum atomic E-state index is 14.4. The third kappa shape index (κ3) is 4.56. The second-order valence-electron chi connectivity index (χ2n) is 9.25. The van der Waals surface area contributed by atoms with Gasteiger partial charge in [-0.25, -0.2) is 9.18 Å². The standard InChI is InChI=1S/C21H31FN2O4/c1-20(2,3)18-23(7)17(25)16(24(18)19(26)28-21(4,5)6)12-13-11-14(27-8)9-10-15(13)22/h9-11,16,18H,12H2,1-8H3/t16?,18-/m0/s1. The Hall–Kier alpha value is -2.31. The zero-order chi connectivity index (χ0) is 21.4. The lowest BCUT2D eigenvalue weighted by molar-refractivity contribution is -0.129. The molecule has 156 valence electrons. The number of carbonyl (C=O) groups is 2. The van der Waals surface area contributed by atoms with Crippen LogP contribution in [0.1, 0.15) is 47.1 Å². The van der Waals surface area contributed by atoms with Crippen LogP contribution in [0.25, 0.3) is 0 Å². The van der Waals surface area contributed by atoms with Gasteiger partial charge in [0.25, 0.3) is 0 Å². The van der Waals surface area contributed by atoms with Gasteiger partial charge in [-0.2, -0.15) is 0 Å². The minimum absolute atomic E-state index is 0.0397. The van der Waals surface area contributed by atoms with Crippen LogP contribution in [-0.2, 0) is 16.0 Å². The second-order valence-corrected chi connectivity index (χ2v) is 9.25. The number of hydrogen-bond acceptors (Lipinski definition) is 4. The summed E-state index contributed by atoms with van der Waals surface area (Å²) in [7, 11) is 3.16. The molecule has 1 unspecified atom stereocenters. The minimum atomic E-state index is -0.856. The molecule has 0 spiro atoms. The Balaban J connectivity index is 2.47. The van der Waals surface area contributed by atoms with Gasteiger partial charge in [0.05, 0.1) is 7.11 Å². The first-order valence-electron chi connectivity index (χ1n) is 9.36. The SMILES string of the molecule is COc1ccc(F)c(CC2C(=O)N(C)[C@H](C(C)(C)C)N2C(=O)OC(C)(C)C)c1. The Labute approximate surface area is 166 Å². The van der Waals surface area contributed by atoms with Crippen molar-refractivity contribution in [2.24, 2.45) is 5.41 Å². The summed E-state index contributed by atoms with van der Waals surface area (Å²) in [6.45, 7) is 11.2. The summed E-state index contributed by atoms with van der Waals surface area (Å²) in [5.74, 6) is -0.195. The molecule has 1 aliphatic heterocycles. The number of carbonyl (C=O) groups excluding carboxylic acids is 2. The van der Waals surface area contributed by atoms with E-state index in [0.717, 1.165) is 0 Å². The van der Waals surface area contributed by atoms with Crippen LogP contribution in [0, 0.1) is 11.2 Å². The number of hydrogen-bond donors (Lipinski definition) is 0. The fraction of sp³-hybridized carbons (Fsp3) is 0.619. The van der Waals surface area contributed by atoms with Crippen molar-refractivity contribution in [3.8, 4) is 5.75 Å². The van der Waals surface area contributed by atoms with Crippen LogP contribution < -0.4 is 4.74 Å². The monoisotopic (exact) mass is 394 g/mol. The van der Waals surface area contributed by atoms with E-state index in [4.69, 9.17) is 9.47 Å². The minimum Gasteiger partial charge on any atom is -0.497 e. The highest BCUT2D eigenvalue weighted by molar-refractivity contribution is 5.89. The molecule has 7 heteroatoms. The number of benzene rings is 1. The van der Waals surface area contributed by atoms with Crippen LogP contribution in [0.15, 0.2) is 18.2 Å². The maximum absolute atomic E-state index is 14.4. The van der Waals surface area contributed by atoms with E-state index in [-0.39, 0.29) is 12.3 Å². The summed E-state index contributed by atoms with van der Waals surface area (Å²) in [6, 6.07) is 3.52. The van der Waals surface area contributed by atoms with Gasteiger partial charge in [-0.05, 0) is 44.5 Å². The van der Waals surface area contributed by atoms with E-state index in [2.05, 4.69) is 0 Å². The average molecular weight is 394 g/mol. The number of halogens is 1. The van der Waals surface area contributed by atoms with Gasteiger partial charge in [0.1, 0.15) is 29.4 Å². The van der Waals surface area contributed by atoms with E-state index in [1.807, 2.05) is 20.8 Å². The molecule has 0 aromatic heterocycles. The van der Waals surface area contributed by atoms with Crippen molar-refractivity contribution in [2.75, 3.05) is 14.2 Å². The molecule has 0 radical (unpaired) electrons. The zero-order valence-corrected chi connectivity index (χ0v) is 18.0. The lowest BCUT2D eigenvalue weighted by atomic mass is 9.91. The smallest absolute Gasteiger partial charge is 0.412 e. The molecule has 1 aromatic carbocycles. The van der Waals surface area contributed by atoms with Gasteiger partial charge in [0, 0.05) is 18.9 Å². The summed E-state index contributed by atoms with van der Waals surface area (Å²) < 4.78 is 25.1. The van der Waals surface area contributed by atoms with Gasteiger partial charge in [-0.3, -0.25) is 9.69 Å². The fourth-order valence-electron chi connectivity index (χ4n) is 3.60. The number of nitrogens with zero attached hydrogens (tertiary/aromatic N) is 2. The normalized spacial score (nSPS) is 20.5. The van der Waals surface area contributed by atoms with Crippen LogP contribution >= 0.6 is 0 Å². The average Bonchev–Trinajstić information content (AvgIpc) is 2.80. The molecule has 0 bridgehead atoms. The zero-order valence-electron chi connectivity index (χ0n) is 18.0. The predicted molar refractivity (Wildman–Crippen MR) is 105 cm³/mol. The molecule has 2 amide bonds. The van der Waals surface area contributed by atoms with Crippen LogP contribution in [0.3, 0.4) is 0 Å². The van der Waals surface area contributed by atoms with Crippen LogP contribution in [-0.4, -0.2) is 53.8 Å². The number of ether oxygens (including phenoxy) is 2. The highest BCUT2D eigenvalue weighted by Crippen LogP contribution is 2.36. The first-order chi connectivity index (χ1) is 12.8. The molecule has 1 saturated heterocycles. The molecule has 0 N–H and O–H groups in total. The summed E-state index contributed by atoms with van der Waals surface area (Å²) in [5, 5.41) is 0. The molecule has 0 saturated carbocycles. The van der Waals surface area contributed by atoms with Gasteiger partial charge in [0.2, 0.25) is 5.91 Å². The van der Waals surface area contributed by atoms with Crippen molar-refractivity contribution >= 4 is 12.0 Å². The quantitative estimate of drug-likeness (QED) is 0.782. The van der Waals surface area contributed by atoms with Crippen molar-refractivity contribution < 1.29 is 23.5 Å². The van der Waals surface area contributed by atoms with Gasteiger partial charge < -0.3 is 14.4 Å². The molecule has 1 fully saturated rings. The van der Waals surface area contributed by atoms with Crippen molar-refractivity contribution in [2.45, 2.75) is 65.8 Å². The summed E-state index contributed by atoms with van der Waals surface area (Å²) in [6.07, 6.45) is -1.05. The van der Waals surface area contributed by atoms with E-state index < -0.39 is 35.1 Å². The molecule has 2 rings (SSSR count). The van der Waals surface area contributed by atoms with Crippen LogP contribution in [0.4, 0.5) is 9.18 Å². The first-order valence-corrected chi connectivity index (χ1v) is 9.36. The summed E-state index contributed by atoms with van der Waals surface area (Å²) in [5.41, 5.74) is -0.812. The Bertz CT molecular complexity index is 752. The van der Waals surface area contributed by atoms with E-state index >= 15 is 0 Å². The molecule has 2 atom stereocenters. The Morgan fingerprint density at radius 2 is 1.79 bits per heavy atom. The highest BCUT2D eigenvalue weighted by atomic mass is 19.1. The third-order valence-corrected chi connectivity index (χ3v) is 4.64. The first kappa shape index (κ1) is 22.0. The molecule has 28 heavy (non-hydrogen) atoms. The Morgan fingerprint density at radius 1 is 1.18 bits per heavy atom. The fourth-order valence-corrected chi connectivity index (χ4v) is 3.60. The Kier molecular flexibility index (Phi) is 5.97. The van der Waals surface area contributed by atoms with Gasteiger partial charge in [-0.15, -0.1) is 0 Å². The topological polar surface area (TPSA) is 59.1 Å². The second kappa shape index (κ2) is 7.60. The molecule has 0 aliphatic carbocycles. The molecule has 6 nitrogen and oxygen atoms in total. The van der Waals surface area contributed by atoms with Gasteiger partial charge >= 0.3 is 6.09 Å². The molecule has 1 heterocycles. The van der Waals surface area contributed by atoms with Gasteiger partial charge in [0.15, 0.2) is 0 Å².